The number of hydrogen-bond acceptors (Lipinski definition) is 3. The van der Waals surface area contributed by atoms with Gasteiger partial charge in [0.25, 0.3) is 10.2 Å². The van der Waals surface area contributed by atoms with Crippen molar-refractivity contribution >= 4 is 10.2 Å². The number of nitrogens with one attached hydrogen (secondary N) is 2. The first-order chi connectivity index (χ1) is 8.32. The molecule has 5 nitrogen and oxygen atoms in total. The lowest BCUT2D eigenvalue weighted by Crippen LogP contribution is -2.58. The van der Waals surface area contributed by atoms with Gasteiger partial charge in [0.1, 0.15) is 0 Å². The van der Waals surface area contributed by atoms with Crippen LogP contribution in [0.5, 0.6) is 0 Å². The molecule has 1 aliphatic carbocycles. The third-order valence-electron chi connectivity index (χ3n) is 3.77. The highest BCUT2D eigenvalue weighted by molar-refractivity contribution is 7.87. The molecule has 4 N–H and O–H groups in total. The first-order valence-corrected chi connectivity index (χ1v) is 8.32. The maximum absolute atomic E-state index is 11.9. The summed E-state index contributed by atoms with van der Waals surface area (Å²) in [6.07, 6.45) is 4.94. The quantitative estimate of drug-likeness (QED) is 0.680. The van der Waals surface area contributed by atoms with Crippen LogP contribution in [0.4, 0.5) is 0 Å². The van der Waals surface area contributed by atoms with E-state index in [9.17, 15) is 8.42 Å². The molecule has 0 amide bonds. The van der Waals surface area contributed by atoms with Crippen molar-refractivity contribution in [3.8, 4) is 0 Å². The van der Waals surface area contributed by atoms with E-state index in [-0.39, 0.29) is 6.04 Å². The zero-order valence-corrected chi connectivity index (χ0v) is 12.5. The Kier molecular flexibility index (Phi) is 5.58. The minimum absolute atomic E-state index is 0.107. The van der Waals surface area contributed by atoms with Gasteiger partial charge in [-0.25, -0.2) is 0 Å². The van der Waals surface area contributed by atoms with Gasteiger partial charge in [-0.3, -0.25) is 0 Å². The lowest BCUT2D eigenvalue weighted by molar-refractivity contribution is 0.216. The maximum Gasteiger partial charge on any atom is 0.277 e. The summed E-state index contributed by atoms with van der Waals surface area (Å²) in [5.74, 6) is 0.715. The molecular formula is C12H27N3O2S. The fraction of sp³-hybridized carbons (Fsp3) is 1.00. The Morgan fingerprint density at radius 2 is 1.89 bits per heavy atom. The summed E-state index contributed by atoms with van der Waals surface area (Å²) in [5.41, 5.74) is 5.36. The molecule has 0 bridgehead atoms. The van der Waals surface area contributed by atoms with Crippen molar-refractivity contribution in [3.63, 3.8) is 0 Å². The van der Waals surface area contributed by atoms with Crippen molar-refractivity contribution in [1.82, 2.24) is 9.44 Å². The van der Waals surface area contributed by atoms with Crippen LogP contribution in [0.25, 0.3) is 0 Å². The zero-order chi connectivity index (χ0) is 13.8. The molecule has 108 valence electrons. The smallest absolute Gasteiger partial charge is 0.277 e. The normalized spacial score (nSPS) is 29.7. The molecule has 0 spiro atoms. The van der Waals surface area contributed by atoms with Crippen molar-refractivity contribution in [2.75, 3.05) is 6.54 Å². The highest BCUT2D eigenvalue weighted by atomic mass is 32.2. The van der Waals surface area contributed by atoms with Crippen LogP contribution in [-0.2, 0) is 10.2 Å². The van der Waals surface area contributed by atoms with Crippen LogP contribution in [0.2, 0.25) is 0 Å². The Morgan fingerprint density at radius 3 is 2.28 bits per heavy atom. The first kappa shape index (κ1) is 15.9. The van der Waals surface area contributed by atoms with Gasteiger partial charge in [-0.15, -0.1) is 0 Å². The summed E-state index contributed by atoms with van der Waals surface area (Å²) in [7, 11) is -3.46. The number of rotatable bonds is 6. The average Bonchev–Trinajstić information content (AvgIpc) is 2.27. The molecule has 0 radical (unpaired) electrons. The zero-order valence-electron chi connectivity index (χ0n) is 11.7. The van der Waals surface area contributed by atoms with E-state index in [2.05, 4.69) is 16.4 Å². The van der Waals surface area contributed by atoms with Gasteiger partial charge in [0.15, 0.2) is 0 Å². The molecule has 0 atom stereocenters. The van der Waals surface area contributed by atoms with Crippen molar-refractivity contribution in [1.29, 1.82) is 0 Å². The predicted molar refractivity (Wildman–Crippen MR) is 74.4 cm³/mol. The lowest BCUT2D eigenvalue weighted by Gasteiger charge is -2.39. The number of hydrogen-bond donors (Lipinski definition) is 3. The fourth-order valence-electron chi connectivity index (χ4n) is 2.61. The van der Waals surface area contributed by atoms with E-state index in [4.69, 9.17) is 5.73 Å². The molecule has 0 aromatic carbocycles. The van der Waals surface area contributed by atoms with Crippen molar-refractivity contribution in [3.05, 3.63) is 0 Å². The number of nitrogens with two attached hydrogens (primary N) is 1. The van der Waals surface area contributed by atoms with Gasteiger partial charge in [-0.05, 0) is 45.4 Å². The summed E-state index contributed by atoms with van der Waals surface area (Å²) in [4.78, 5) is 0. The van der Waals surface area contributed by atoms with E-state index in [1.807, 2.05) is 13.8 Å². The summed E-state index contributed by atoms with van der Waals surface area (Å²) < 4.78 is 29.2. The van der Waals surface area contributed by atoms with Gasteiger partial charge in [-0.1, -0.05) is 13.3 Å². The Morgan fingerprint density at radius 1 is 1.33 bits per heavy atom. The monoisotopic (exact) mass is 277 g/mol. The standard InChI is InChI=1S/C12H27N3O2S/c1-4-11-5-7-12(9-13,8-6-11)15-18(16,17)14-10(2)3/h10-11,14-15H,4-9,13H2,1-3H3. The van der Waals surface area contributed by atoms with Crippen LogP contribution in [0, 0.1) is 5.92 Å². The van der Waals surface area contributed by atoms with Crippen LogP contribution in [0.15, 0.2) is 0 Å². The SMILES string of the molecule is CCC1CCC(CN)(NS(=O)(=O)NC(C)C)CC1. The molecule has 0 unspecified atom stereocenters. The van der Waals surface area contributed by atoms with Gasteiger partial charge in [0.05, 0.1) is 0 Å². The van der Waals surface area contributed by atoms with Crippen LogP contribution in [0.1, 0.15) is 52.9 Å². The summed E-state index contributed by atoms with van der Waals surface area (Å²) in [6.45, 7) is 6.16. The molecule has 18 heavy (non-hydrogen) atoms. The second-order valence-electron chi connectivity index (χ2n) is 5.71. The van der Waals surface area contributed by atoms with Crippen LogP contribution < -0.4 is 15.2 Å². The summed E-state index contributed by atoms with van der Waals surface area (Å²) >= 11 is 0. The maximum atomic E-state index is 11.9. The molecule has 0 aromatic rings. The first-order valence-electron chi connectivity index (χ1n) is 6.84. The predicted octanol–water partition coefficient (Wildman–Crippen LogP) is 1.12. The Bertz CT molecular complexity index is 346. The molecule has 1 fully saturated rings. The highest BCUT2D eigenvalue weighted by Crippen LogP contribution is 2.33. The summed E-state index contributed by atoms with van der Waals surface area (Å²) in [5, 5.41) is 0. The molecule has 1 rings (SSSR count). The minimum atomic E-state index is -3.46. The second-order valence-corrected chi connectivity index (χ2v) is 7.16. The molecule has 1 aliphatic rings. The van der Waals surface area contributed by atoms with Crippen molar-refractivity contribution < 1.29 is 8.42 Å². The summed E-state index contributed by atoms with van der Waals surface area (Å²) in [6, 6.07) is -0.107. The van der Waals surface area contributed by atoms with Gasteiger partial charge in [-0.2, -0.15) is 17.9 Å². The Balaban J connectivity index is 2.67. The van der Waals surface area contributed by atoms with E-state index in [0.717, 1.165) is 32.1 Å². The van der Waals surface area contributed by atoms with Gasteiger partial charge < -0.3 is 5.73 Å². The molecule has 1 saturated carbocycles. The van der Waals surface area contributed by atoms with Crippen molar-refractivity contribution in [2.45, 2.75) is 64.5 Å². The molecular weight excluding hydrogens is 250 g/mol. The van der Waals surface area contributed by atoms with E-state index < -0.39 is 15.7 Å². The second kappa shape index (κ2) is 6.32. The molecule has 0 aliphatic heterocycles. The van der Waals surface area contributed by atoms with E-state index >= 15 is 0 Å². The van der Waals surface area contributed by atoms with Crippen LogP contribution in [0.3, 0.4) is 0 Å². The highest BCUT2D eigenvalue weighted by Gasteiger charge is 2.37. The van der Waals surface area contributed by atoms with Gasteiger partial charge in [0, 0.05) is 18.1 Å². The van der Waals surface area contributed by atoms with Gasteiger partial charge in [0.2, 0.25) is 0 Å². The average molecular weight is 277 g/mol. The third-order valence-corrected chi connectivity index (χ3v) is 5.26. The van der Waals surface area contributed by atoms with E-state index in [0.29, 0.717) is 12.5 Å². The largest absolute Gasteiger partial charge is 0.329 e. The Hall–Kier alpha value is -0.170. The minimum Gasteiger partial charge on any atom is -0.329 e. The fourth-order valence-corrected chi connectivity index (χ4v) is 4.15. The van der Waals surface area contributed by atoms with Crippen LogP contribution >= 0.6 is 0 Å². The third kappa shape index (κ3) is 4.50. The van der Waals surface area contributed by atoms with E-state index in [1.165, 1.54) is 0 Å². The van der Waals surface area contributed by atoms with Crippen LogP contribution in [-0.4, -0.2) is 26.5 Å². The topological polar surface area (TPSA) is 84.2 Å². The van der Waals surface area contributed by atoms with Crippen molar-refractivity contribution in [2.24, 2.45) is 11.7 Å². The van der Waals surface area contributed by atoms with E-state index in [1.54, 1.807) is 0 Å². The molecule has 6 heteroatoms. The lowest BCUT2D eigenvalue weighted by atomic mass is 9.76. The molecule has 0 aromatic heterocycles. The molecule has 0 saturated heterocycles. The Labute approximate surface area is 111 Å². The molecule has 0 heterocycles. The van der Waals surface area contributed by atoms with Gasteiger partial charge >= 0.3 is 0 Å².